The average molecular weight is 447 g/mol. The van der Waals surface area contributed by atoms with Crippen molar-refractivity contribution < 1.29 is 27.4 Å². The third-order valence-electron chi connectivity index (χ3n) is 5.40. The number of nitrogens with zero attached hydrogens (tertiary/aromatic N) is 2. The lowest BCUT2D eigenvalue weighted by Crippen LogP contribution is -2.31. The standard InChI is InChI=1S/C23H24F3N3O3/c1-3-32-21-7-5-4-6-20(21)28-22(30)18-13-29(12-16(18)14-31-2)17-9-8-15(11-27)19(10-17)23(24,25)26/h4-10,16,18H,3,12-14H2,1-2H3,(H,28,30)/t16-,18+/m1/s1. The number of nitrogens with one attached hydrogen (secondary N) is 1. The maximum absolute atomic E-state index is 13.4. The van der Waals surface area contributed by atoms with Crippen molar-refractivity contribution in [3.8, 4) is 11.8 Å². The smallest absolute Gasteiger partial charge is 0.417 e. The number of amides is 1. The van der Waals surface area contributed by atoms with E-state index in [1.165, 1.54) is 13.2 Å². The molecule has 0 bridgehead atoms. The van der Waals surface area contributed by atoms with E-state index in [2.05, 4.69) is 5.32 Å². The summed E-state index contributed by atoms with van der Waals surface area (Å²) < 4.78 is 51.0. The first-order valence-electron chi connectivity index (χ1n) is 10.2. The summed E-state index contributed by atoms with van der Waals surface area (Å²) in [6.07, 6.45) is -4.65. The summed E-state index contributed by atoms with van der Waals surface area (Å²) in [6.45, 7) is 3.14. The van der Waals surface area contributed by atoms with Gasteiger partial charge in [-0.1, -0.05) is 12.1 Å². The summed E-state index contributed by atoms with van der Waals surface area (Å²) in [5.74, 6) is -0.436. The normalized spacial score (nSPS) is 18.3. The molecule has 0 saturated carbocycles. The van der Waals surface area contributed by atoms with E-state index in [-0.39, 0.29) is 25.0 Å². The quantitative estimate of drug-likeness (QED) is 0.685. The topological polar surface area (TPSA) is 74.6 Å². The zero-order valence-corrected chi connectivity index (χ0v) is 17.8. The van der Waals surface area contributed by atoms with E-state index in [0.29, 0.717) is 30.3 Å². The number of hydrogen-bond donors (Lipinski definition) is 1. The fourth-order valence-electron chi connectivity index (χ4n) is 3.90. The van der Waals surface area contributed by atoms with E-state index in [4.69, 9.17) is 14.7 Å². The van der Waals surface area contributed by atoms with Crippen LogP contribution in [0.2, 0.25) is 0 Å². The van der Waals surface area contributed by atoms with E-state index in [9.17, 15) is 18.0 Å². The molecule has 0 radical (unpaired) electrons. The highest BCUT2D eigenvalue weighted by Crippen LogP contribution is 2.37. The minimum Gasteiger partial charge on any atom is -0.492 e. The lowest BCUT2D eigenvalue weighted by molar-refractivity contribution is -0.137. The van der Waals surface area contributed by atoms with Gasteiger partial charge in [-0.2, -0.15) is 18.4 Å². The van der Waals surface area contributed by atoms with Crippen molar-refractivity contribution in [1.82, 2.24) is 0 Å². The van der Waals surface area contributed by atoms with Crippen molar-refractivity contribution in [2.75, 3.05) is 43.6 Å². The van der Waals surface area contributed by atoms with Crippen molar-refractivity contribution >= 4 is 17.3 Å². The summed E-state index contributed by atoms with van der Waals surface area (Å²) in [4.78, 5) is 14.8. The first kappa shape index (κ1) is 23.4. The van der Waals surface area contributed by atoms with Gasteiger partial charge in [0, 0.05) is 31.8 Å². The van der Waals surface area contributed by atoms with Crippen LogP contribution in [-0.4, -0.2) is 39.3 Å². The summed E-state index contributed by atoms with van der Waals surface area (Å²) in [7, 11) is 1.52. The van der Waals surface area contributed by atoms with E-state index >= 15 is 0 Å². The number of benzene rings is 2. The number of methoxy groups -OCH3 is 1. The molecule has 2 aromatic carbocycles. The Balaban J connectivity index is 1.84. The third kappa shape index (κ3) is 5.14. The van der Waals surface area contributed by atoms with Crippen molar-refractivity contribution in [2.24, 2.45) is 11.8 Å². The molecule has 1 amide bonds. The van der Waals surface area contributed by atoms with Crippen LogP contribution in [0.5, 0.6) is 5.75 Å². The first-order valence-corrected chi connectivity index (χ1v) is 10.2. The molecule has 0 aliphatic carbocycles. The summed E-state index contributed by atoms with van der Waals surface area (Å²) in [6, 6.07) is 12.3. The minimum atomic E-state index is -4.65. The Morgan fingerprint density at radius 2 is 2.00 bits per heavy atom. The number of ether oxygens (including phenoxy) is 2. The lowest BCUT2D eigenvalue weighted by atomic mass is 9.96. The van der Waals surface area contributed by atoms with Crippen LogP contribution in [-0.2, 0) is 15.7 Å². The van der Waals surface area contributed by atoms with E-state index in [0.717, 1.165) is 12.1 Å². The van der Waals surface area contributed by atoms with Crippen LogP contribution in [0.1, 0.15) is 18.1 Å². The molecule has 0 aromatic heterocycles. The maximum Gasteiger partial charge on any atom is 0.417 e. The number of carbonyl (C=O) groups excluding carboxylic acids is 1. The molecule has 1 saturated heterocycles. The zero-order chi connectivity index (χ0) is 23.3. The van der Waals surface area contributed by atoms with Gasteiger partial charge in [-0.25, -0.2) is 0 Å². The molecule has 1 heterocycles. The Hall–Kier alpha value is -3.25. The number of rotatable bonds is 7. The van der Waals surface area contributed by atoms with Gasteiger partial charge in [0.2, 0.25) is 5.91 Å². The molecule has 6 nitrogen and oxygen atoms in total. The van der Waals surface area contributed by atoms with E-state index in [1.807, 2.05) is 6.92 Å². The van der Waals surface area contributed by atoms with Crippen molar-refractivity contribution in [2.45, 2.75) is 13.1 Å². The summed E-state index contributed by atoms with van der Waals surface area (Å²) in [5.41, 5.74) is -0.579. The van der Waals surface area contributed by atoms with Crippen LogP contribution in [0.3, 0.4) is 0 Å². The Morgan fingerprint density at radius 3 is 2.66 bits per heavy atom. The van der Waals surface area contributed by atoms with Crippen LogP contribution >= 0.6 is 0 Å². The monoisotopic (exact) mass is 447 g/mol. The van der Waals surface area contributed by atoms with Crippen LogP contribution in [0.4, 0.5) is 24.5 Å². The number of para-hydroxylation sites is 2. The molecule has 2 atom stereocenters. The van der Waals surface area contributed by atoms with Crippen molar-refractivity contribution in [1.29, 1.82) is 5.26 Å². The number of carbonyl (C=O) groups is 1. The molecule has 2 aromatic rings. The number of nitriles is 1. The van der Waals surface area contributed by atoms with Gasteiger partial charge in [0.05, 0.1) is 42.0 Å². The average Bonchev–Trinajstić information content (AvgIpc) is 3.18. The van der Waals surface area contributed by atoms with Crippen LogP contribution in [0.25, 0.3) is 0 Å². The van der Waals surface area contributed by atoms with E-state index < -0.39 is 23.2 Å². The maximum atomic E-state index is 13.4. The Bertz CT molecular complexity index is 1000. The summed E-state index contributed by atoms with van der Waals surface area (Å²) >= 11 is 0. The molecule has 1 aliphatic rings. The number of halogens is 3. The molecule has 3 rings (SSSR count). The van der Waals surface area contributed by atoms with Gasteiger partial charge in [-0.15, -0.1) is 0 Å². The van der Waals surface area contributed by atoms with Crippen LogP contribution in [0.15, 0.2) is 42.5 Å². The Labute approximate surface area is 184 Å². The zero-order valence-electron chi connectivity index (χ0n) is 17.8. The second kappa shape index (κ2) is 9.92. The largest absolute Gasteiger partial charge is 0.492 e. The first-order chi connectivity index (χ1) is 15.3. The molecular weight excluding hydrogens is 423 g/mol. The molecule has 32 heavy (non-hydrogen) atoms. The molecule has 1 aliphatic heterocycles. The highest BCUT2D eigenvalue weighted by atomic mass is 19.4. The van der Waals surface area contributed by atoms with Crippen molar-refractivity contribution in [3.63, 3.8) is 0 Å². The second-order valence-electron chi connectivity index (χ2n) is 7.48. The highest BCUT2D eigenvalue weighted by molar-refractivity contribution is 5.95. The van der Waals surface area contributed by atoms with Gasteiger partial charge < -0.3 is 19.7 Å². The lowest BCUT2D eigenvalue weighted by Gasteiger charge is -2.21. The molecule has 9 heteroatoms. The van der Waals surface area contributed by atoms with Gasteiger partial charge in [-0.05, 0) is 37.3 Å². The summed E-state index contributed by atoms with van der Waals surface area (Å²) in [5, 5.41) is 11.9. The van der Waals surface area contributed by atoms with Gasteiger partial charge in [0.25, 0.3) is 0 Å². The van der Waals surface area contributed by atoms with Gasteiger partial charge >= 0.3 is 6.18 Å². The molecule has 1 N–H and O–H groups in total. The fraction of sp³-hybridized carbons (Fsp3) is 0.391. The van der Waals surface area contributed by atoms with Crippen LogP contribution < -0.4 is 15.0 Å². The highest BCUT2D eigenvalue weighted by Gasteiger charge is 2.39. The SMILES string of the molecule is CCOc1ccccc1NC(=O)[C@H]1CN(c2ccc(C#N)c(C(F)(F)F)c2)C[C@@H]1COC. The molecule has 170 valence electrons. The van der Waals surface area contributed by atoms with Gasteiger partial charge in [0.1, 0.15) is 5.75 Å². The number of alkyl halides is 3. The van der Waals surface area contributed by atoms with E-state index in [1.54, 1.807) is 35.2 Å². The van der Waals surface area contributed by atoms with Crippen molar-refractivity contribution in [3.05, 3.63) is 53.6 Å². The molecule has 1 fully saturated rings. The fourth-order valence-corrected chi connectivity index (χ4v) is 3.90. The third-order valence-corrected chi connectivity index (χ3v) is 5.40. The predicted molar refractivity (Wildman–Crippen MR) is 113 cm³/mol. The predicted octanol–water partition coefficient (Wildman–Crippen LogP) is 4.31. The van der Waals surface area contributed by atoms with Gasteiger partial charge in [0.15, 0.2) is 0 Å². The molecular formula is C23H24F3N3O3. The van der Waals surface area contributed by atoms with Gasteiger partial charge in [-0.3, -0.25) is 4.79 Å². The Kier molecular flexibility index (Phi) is 7.26. The molecule has 0 spiro atoms. The van der Waals surface area contributed by atoms with Crippen LogP contribution in [0, 0.1) is 23.2 Å². The molecule has 0 unspecified atom stereocenters. The second-order valence-corrected chi connectivity index (χ2v) is 7.48. The number of hydrogen-bond acceptors (Lipinski definition) is 5. The number of anilines is 2. The minimum absolute atomic E-state index is 0.218. The Morgan fingerprint density at radius 1 is 1.25 bits per heavy atom.